The van der Waals surface area contributed by atoms with Crippen LogP contribution in [0.25, 0.3) is 0 Å². The zero-order chi connectivity index (χ0) is 21.1. The lowest BCUT2D eigenvalue weighted by Gasteiger charge is -2.34. The summed E-state index contributed by atoms with van der Waals surface area (Å²) in [6.45, 7) is 1.58. The van der Waals surface area contributed by atoms with E-state index >= 15 is 0 Å². The molecule has 0 unspecified atom stereocenters. The Morgan fingerprint density at radius 1 is 1.10 bits per heavy atom. The lowest BCUT2D eigenvalue weighted by atomic mass is 10.2. The fraction of sp³-hybridized carbons (Fsp3) is 0.444. The highest BCUT2D eigenvalue weighted by molar-refractivity contribution is 6.32. The van der Waals surface area contributed by atoms with Crippen molar-refractivity contribution in [2.75, 3.05) is 26.2 Å². The van der Waals surface area contributed by atoms with Crippen molar-refractivity contribution in [3.63, 3.8) is 0 Å². The minimum atomic E-state index is -3.14. The van der Waals surface area contributed by atoms with Gasteiger partial charge < -0.3 is 4.90 Å². The summed E-state index contributed by atoms with van der Waals surface area (Å²) in [6.07, 6.45) is -6.26. The molecule has 3 rings (SSSR count). The van der Waals surface area contributed by atoms with Gasteiger partial charge in [-0.3, -0.25) is 14.4 Å². The van der Waals surface area contributed by atoms with Crippen LogP contribution in [0.4, 0.5) is 22.0 Å². The third-order valence-electron chi connectivity index (χ3n) is 4.67. The summed E-state index contributed by atoms with van der Waals surface area (Å²) >= 11 is 5.59. The normalized spacial score (nSPS) is 15.5. The van der Waals surface area contributed by atoms with Gasteiger partial charge in [0.25, 0.3) is 12.9 Å². The Labute approximate surface area is 168 Å². The highest BCUT2D eigenvalue weighted by Gasteiger charge is 2.30. The minimum absolute atomic E-state index is 0.327. The standard InChI is InChI=1S/C18H18ClF5N4O/c19-14-15(17(21)22)25-28(16(14)18(23)24)10-13(29)27-6-4-26(5-7-27)9-11-2-1-3-12(20)8-11/h1-3,8,17-18H,4-7,9-10H2. The van der Waals surface area contributed by atoms with Crippen molar-refractivity contribution >= 4 is 17.5 Å². The number of piperazine rings is 1. The summed E-state index contributed by atoms with van der Waals surface area (Å²) in [5.41, 5.74) is -1.05. The zero-order valence-corrected chi connectivity index (χ0v) is 15.9. The van der Waals surface area contributed by atoms with E-state index in [9.17, 15) is 26.7 Å². The first kappa shape index (κ1) is 21.5. The Morgan fingerprint density at radius 2 is 1.79 bits per heavy atom. The maximum Gasteiger partial charge on any atom is 0.283 e. The number of rotatable bonds is 6. The average molecular weight is 437 g/mol. The molecule has 0 radical (unpaired) electrons. The van der Waals surface area contributed by atoms with Crippen molar-refractivity contribution in [2.45, 2.75) is 25.9 Å². The molecular weight excluding hydrogens is 419 g/mol. The van der Waals surface area contributed by atoms with Gasteiger partial charge in [0.15, 0.2) is 0 Å². The van der Waals surface area contributed by atoms with E-state index in [1.807, 2.05) is 4.90 Å². The molecule has 0 spiro atoms. The Hall–Kier alpha value is -2.20. The number of amides is 1. The average Bonchev–Trinajstić information content (AvgIpc) is 2.98. The van der Waals surface area contributed by atoms with Crippen molar-refractivity contribution in [2.24, 2.45) is 0 Å². The molecule has 0 N–H and O–H groups in total. The molecule has 11 heteroatoms. The van der Waals surface area contributed by atoms with Crippen molar-refractivity contribution in [3.8, 4) is 0 Å². The van der Waals surface area contributed by atoms with Crippen LogP contribution < -0.4 is 0 Å². The van der Waals surface area contributed by atoms with Crippen LogP contribution in [0.15, 0.2) is 24.3 Å². The first-order valence-electron chi connectivity index (χ1n) is 8.83. The monoisotopic (exact) mass is 436 g/mol. The Balaban J connectivity index is 1.61. The predicted molar refractivity (Wildman–Crippen MR) is 95.4 cm³/mol. The molecule has 0 saturated carbocycles. The molecule has 1 amide bonds. The highest BCUT2D eigenvalue weighted by atomic mass is 35.5. The van der Waals surface area contributed by atoms with E-state index in [-0.39, 0.29) is 5.82 Å². The summed E-state index contributed by atoms with van der Waals surface area (Å²) in [7, 11) is 0. The largest absolute Gasteiger partial charge is 0.339 e. The number of aromatic nitrogens is 2. The summed E-state index contributed by atoms with van der Waals surface area (Å²) in [4.78, 5) is 15.9. The molecular formula is C18H18ClF5N4O. The van der Waals surface area contributed by atoms with Crippen LogP contribution in [0, 0.1) is 5.82 Å². The van der Waals surface area contributed by atoms with Crippen LogP contribution in [-0.4, -0.2) is 51.7 Å². The third kappa shape index (κ3) is 5.05. The van der Waals surface area contributed by atoms with Crippen LogP contribution in [0.5, 0.6) is 0 Å². The van der Waals surface area contributed by atoms with Gasteiger partial charge >= 0.3 is 0 Å². The summed E-state index contributed by atoms with van der Waals surface area (Å²) in [6, 6.07) is 6.21. The van der Waals surface area contributed by atoms with E-state index in [0.29, 0.717) is 37.4 Å². The molecule has 2 aromatic rings. The molecule has 29 heavy (non-hydrogen) atoms. The van der Waals surface area contributed by atoms with E-state index < -0.39 is 41.7 Å². The van der Waals surface area contributed by atoms with Gasteiger partial charge in [-0.1, -0.05) is 23.7 Å². The van der Waals surface area contributed by atoms with Crippen molar-refractivity contribution in [1.29, 1.82) is 0 Å². The van der Waals surface area contributed by atoms with E-state index in [4.69, 9.17) is 11.6 Å². The van der Waals surface area contributed by atoms with E-state index in [1.54, 1.807) is 12.1 Å². The van der Waals surface area contributed by atoms with Gasteiger partial charge in [0.05, 0.1) is 5.02 Å². The quantitative estimate of drug-likeness (QED) is 0.645. The molecule has 1 aromatic carbocycles. The molecule has 0 aliphatic carbocycles. The fourth-order valence-corrected chi connectivity index (χ4v) is 3.52. The number of alkyl halides is 4. The molecule has 1 aromatic heterocycles. The van der Waals surface area contributed by atoms with E-state index in [2.05, 4.69) is 5.10 Å². The smallest absolute Gasteiger partial charge is 0.283 e. The number of benzene rings is 1. The maximum absolute atomic E-state index is 13.3. The molecule has 1 saturated heterocycles. The van der Waals surface area contributed by atoms with Crippen LogP contribution in [0.1, 0.15) is 29.8 Å². The Morgan fingerprint density at radius 3 is 2.38 bits per heavy atom. The number of carbonyl (C=O) groups is 1. The number of carbonyl (C=O) groups excluding carboxylic acids is 1. The lowest BCUT2D eigenvalue weighted by Crippen LogP contribution is -2.49. The van der Waals surface area contributed by atoms with Crippen LogP contribution >= 0.6 is 11.6 Å². The predicted octanol–water partition coefficient (Wildman–Crippen LogP) is 3.90. The van der Waals surface area contributed by atoms with Gasteiger partial charge in [-0.15, -0.1) is 0 Å². The number of halogens is 6. The van der Waals surface area contributed by atoms with Gasteiger partial charge in [-0.2, -0.15) is 5.10 Å². The highest BCUT2D eigenvalue weighted by Crippen LogP contribution is 2.34. The maximum atomic E-state index is 13.3. The summed E-state index contributed by atoms with van der Waals surface area (Å²) in [5.74, 6) is -0.843. The second-order valence-electron chi connectivity index (χ2n) is 6.63. The third-order valence-corrected chi connectivity index (χ3v) is 5.06. The van der Waals surface area contributed by atoms with Crippen molar-refractivity contribution in [1.82, 2.24) is 19.6 Å². The molecule has 1 fully saturated rings. The van der Waals surface area contributed by atoms with E-state index in [1.165, 1.54) is 17.0 Å². The molecule has 1 aliphatic rings. The number of nitrogens with zero attached hydrogens (tertiary/aromatic N) is 4. The minimum Gasteiger partial charge on any atom is -0.339 e. The van der Waals surface area contributed by atoms with Crippen molar-refractivity contribution < 1.29 is 26.7 Å². The van der Waals surface area contributed by atoms with Crippen LogP contribution in [0.3, 0.4) is 0 Å². The molecule has 0 atom stereocenters. The number of hydrogen-bond acceptors (Lipinski definition) is 3. The van der Waals surface area contributed by atoms with Gasteiger partial charge in [0.1, 0.15) is 23.7 Å². The van der Waals surface area contributed by atoms with Gasteiger partial charge in [0.2, 0.25) is 5.91 Å². The van der Waals surface area contributed by atoms with Gasteiger partial charge in [-0.05, 0) is 17.7 Å². The SMILES string of the molecule is O=C(Cn1nc(C(F)F)c(Cl)c1C(F)F)N1CCN(Cc2cccc(F)c2)CC1. The molecule has 0 bridgehead atoms. The topological polar surface area (TPSA) is 41.4 Å². The lowest BCUT2D eigenvalue weighted by molar-refractivity contribution is -0.134. The van der Waals surface area contributed by atoms with Gasteiger partial charge in [-0.25, -0.2) is 22.0 Å². The van der Waals surface area contributed by atoms with Gasteiger partial charge in [0, 0.05) is 32.7 Å². The van der Waals surface area contributed by atoms with Crippen LogP contribution in [0.2, 0.25) is 5.02 Å². The van der Waals surface area contributed by atoms with E-state index in [0.717, 1.165) is 5.56 Å². The first-order valence-corrected chi connectivity index (χ1v) is 9.21. The molecule has 5 nitrogen and oxygen atoms in total. The summed E-state index contributed by atoms with van der Waals surface area (Å²) in [5, 5.41) is 2.59. The Bertz CT molecular complexity index is 868. The van der Waals surface area contributed by atoms with Crippen LogP contribution in [-0.2, 0) is 17.9 Å². The second-order valence-corrected chi connectivity index (χ2v) is 7.01. The summed E-state index contributed by atoms with van der Waals surface area (Å²) < 4.78 is 66.0. The first-order chi connectivity index (χ1) is 13.8. The Kier molecular flexibility index (Phi) is 6.74. The second kappa shape index (κ2) is 9.08. The number of hydrogen-bond donors (Lipinski definition) is 0. The molecule has 2 heterocycles. The zero-order valence-electron chi connectivity index (χ0n) is 15.2. The van der Waals surface area contributed by atoms with Crippen molar-refractivity contribution in [3.05, 3.63) is 52.1 Å². The fourth-order valence-electron chi connectivity index (χ4n) is 3.22. The molecule has 158 valence electrons. The molecule has 1 aliphatic heterocycles.